The van der Waals surface area contributed by atoms with E-state index in [0.717, 1.165) is 18.5 Å². The quantitative estimate of drug-likeness (QED) is 0.445. The summed E-state index contributed by atoms with van der Waals surface area (Å²) < 4.78 is 12.9. The van der Waals surface area contributed by atoms with E-state index in [2.05, 4.69) is 31.1 Å². The van der Waals surface area contributed by atoms with Crippen molar-refractivity contribution in [1.82, 2.24) is 20.4 Å². The van der Waals surface area contributed by atoms with E-state index in [9.17, 15) is 19.3 Å². The number of anilines is 3. The first kappa shape index (κ1) is 17.7. The van der Waals surface area contributed by atoms with E-state index >= 15 is 0 Å². The average molecular weight is 369 g/mol. The van der Waals surface area contributed by atoms with Crippen LogP contribution in [0.15, 0.2) is 55.0 Å². The minimum atomic E-state index is -0.697. The summed E-state index contributed by atoms with van der Waals surface area (Å²) in [5.74, 6) is -1.10. The molecule has 0 saturated carbocycles. The molecule has 136 valence electrons. The van der Waals surface area contributed by atoms with Gasteiger partial charge in [-0.2, -0.15) is 0 Å². The lowest BCUT2D eigenvalue weighted by molar-refractivity contribution is -0.383. The van der Waals surface area contributed by atoms with Crippen LogP contribution in [0.4, 0.5) is 27.5 Å². The standard InChI is InChI=1S/C16H12FN7O3/c17-11-6-4-10(5-7-11)16(25)23-22-15-13(24(26)27)14(19-9-20-15)21-12-3-1-2-8-18-12/h1-9H,(H,23,25)(H2,18,19,20,21,22). The molecule has 1 aromatic carbocycles. The number of benzene rings is 1. The maximum atomic E-state index is 12.9. The molecule has 0 saturated heterocycles. The van der Waals surface area contributed by atoms with Crippen molar-refractivity contribution in [3.05, 3.63) is 76.5 Å². The van der Waals surface area contributed by atoms with E-state index in [4.69, 9.17) is 0 Å². The number of nitro groups is 1. The summed E-state index contributed by atoms with van der Waals surface area (Å²) in [5.41, 5.74) is 4.33. The Kier molecular flexibility index (Phi) is 5.12. The second-order valence-corrected chi connectivity index (χ2v) is 5.10. The Hall–Kier alpha value is -4.15. The van der Waals surface area contributed by atoms with Crippen LogP contribution in [0.5, 0.6) is 0 Å². The van der Waals surface area contributed by atoms with Crippen LogP contribution in [0, 0.1) is 15.9 Å². The van der Waals surface area contributed by atoms with Gasteiger partial charge in [0.2, 0.25) is 11.6 Å². The molecule has 0 aliphatic rings. The van der Waals surface area contributed by atoms with Crippen molar-refractivity contribution in [2.75, 3.05) is 10.7 Å². The number of hydrogen-bond acceptors (Lipinski definition) is 8. The zero-order valence-corrected chi connectivity index (χ0v) is 13.6. The zero-order chi connectivity index (χ0) is 19.2. The van der Waals surface area contributed by atoms with Gasteiger partial charge < -0.3 is 5.32 Å². The van der Waals surface area contributed by atoms with E-state index in [-0.39, 0.29) is 17.2 Å². The number of amides is 1. The summed E-state index contributed by atoms with van der Waals surface area (Å²) in [6, 6.07) is 9.79. The van der Waals surface area contributed by atoms with E-state index in [1.54, 1.807) is 18.2 Å². The van der Waals surface area contributed by atoms with Crippen molar-refractivity contribution in [1.29, 1.82) is 0 Å². The van der Waals surface area contributed by atoms with Crippen LogP contribution in [0.1, 0.15) is 10.4 Å². The van der Waals surface area contributed by atoms with E-state index in [1.165, 1.54) is 18.3 Å². The van der Waals surface area contributed by atoms with Crippen LogP contribution in [-0.2, 0) is 0 Å². The highest BCUT2D eigenvalue weighted by atomic mass is 19.1. The summed E-state index contributed by atoms with van der Waals surface area (Å²) in [4.78, 5) is 34.5. The molecule has 0 bridgehead atoms. The minimum absolute atomic E-state index is 0.104. The lowest BCUT2D eigenvalue weighted by Gasteiger charge is -2.10. The smallest absolute Gasteiger partial charge is 0.319 e. The number of hydrazine groups is 1. The van der Waals surface area contributed by atoms with Crippen molar-refractivity contribution in [2.24, 2.45) is 0 Å². The summed E-state index contributed by atoms with van der Waals surface area (Å²) in [7, 11) is 0. The predicted octanol–water partition coefficient (Wildman–Crippen LogP) is 2.42. The molecule has 3 N–H and O–H groups in total. The average Bonchev–Trinajstić information content (AvgIpc) is 2.67. The van der Waals surface area contributed by atoms with Crippen molar-refractivity contribution in [3.8, 4) is 0 Å². The van der Waals surface area contributed by atoms with Gasteiger partial charge >= 0.3 is 5.69 Å². The van der Waals surface area contributed by atoms with Gasteiger partial charge in [0.25, 0.3) is 5.91 Å². The molecule has 0 aliphatic heterocycles. The number of aromatic nitrogens is 3. The Bertz CT molecular complexity index is 968. The summed E-state index contributed by atoms with van der Waals surface area (Å²) in [6.45, 7) is 0. The topological polar surface area (TPSA) is 135 Å². The number of halogens is 1. The molecule has 2 aromatic heterocycles. The first-order chi connectivity index (χ1) is 13.0. The molecule has 0 spiro atoms. The van der Waals surface area contributed by atoms with Gasteiger partial charge in [-0.15, -0.1) is 0 Å². The van der Waals surface area contributed by atoms with Crippen molar-refractivity contribution >= 4 is 29.0 Å². The summed E-state index contributed by atoms with van der Waals surface area (Å²) in [6.07, 6.45) is 2.60. The van der Waals surface area contributed by atoms with E-state index in [0.29, 0.717) is 5.82 Å². The minimum Gasteiger partial charge on any atom is -0.319 e. The van der Waals surface area contributed by atoms with Gasteiger partial charge in [-0.3, -0.25) is 25.8 Å². The van der Waals surface area contributed by atoms with Gasteiger partial charge in [0.15, 0.2) is 0 Å². The van der Waals surface area contributed by atoms with E-state index in [1.807, 2.05) is 0 Å². The fourth-order valence-corrected chi connectivity index (χ4v) is 2.08. The number of rotatable bonds is 6. The molecule has 1 amide bonds. The Morgan fingerprint density at radius 2 is 1.78 bits per heavy atom. The Morgan fingerprint density at radius 1 is 1.04 bits per heavy atom. The van der Waals surface area contributed by atoms with Crippen LogP contribution < -0.4 is 16.2 Å². The normalized spacial score (nSPS) is 10.1. The molecule has 11 heteroatoms. The van der Waals surface area contributed by atoms with Gasteiger partial charge in [-0.25, -0.2) is 19.3 Å². The maximum Gasteiger partial charge on any atom is 0.355 e. The Morgan fingerprint density at radius 3 is 2.44 bits per heavy atom. The Balaban J connectivity index is 1.80. The van der Waals surface area contributed by atoms with Crippen LogP contribution in [-0.4, -0.2) is 25.8 Å². The highest BCUT2D eigenvalue weighted by Crippen LogP contribution is 2.30. The third kappa shape index (κ3) is 4.28. The van der Waals surface area contributed by atoms with Crippen LogP contribution in [0.25, 0.3) is 0 Å². The van der Waals surface area contributed by atoms with Crippen LogP contribution in [0.2, 0.25) is 0 Å². The van der Waals surface area contributed by atoms with Crippen molar-refractivity contribution < 1.29 is 14.1 Å². The monoisotopic (exact) mass is 369 g/mol. The second kappa shape index (κ2) is 7.82. The summed E-state index contributed by atoms with van der Waals surface area (Å²) in [5, 5.41) is 14.2. The molecule has 0 fully saturated rings. The number of hydrogen-bond donors (Lipinski definition) is 3. The van der Waals surface area contributed by atoms with Gasteiger partial charge in [0, 0.05) is 11.8 Å². The molecular weight excluding hydrogens is 357 g/mol. The van der Waals surface area contributed by atoms with Crippen molar-refractivity contribution in [3.63, 3.8) is 0 Å². The zero-order valence-electron chi connectivity index (χ0n) is 13.6. The highest BCUT2D eigenvalue weighted by molar-refractivity contribution is 5.95. The molecule has 0 unspecified atom stereocenters. The first-order valence-electron chi connectivity index (χ1n) is 7.54. The highest BCUT2D eigenvalue weighted by Gasteiger charge is 2.24. The SMILES string of the molecule is O=C(NNc1ncnc(Nc2ccccn2)c1[N+](=O)[O-])c1ccc(F)cc1. The number of carbonyl (C=O) groups excluding carboxylic acids is 1. The Labute approximate surface area is 151 Å². The number of nitrogens with one attached hydrogen (secondary N) is 3. The van der Waals surface area contributed by atoms with E-state index < -0.39 is 22.3 Å². The largest absolute Gasteiger partial charge is 0.355 e. The number of pyridine rings is 1. The summed E-state index contributed by atoms with van der Waals surface area (Å²) >= 11 is 0. The van der Waals surface area contributed by atoms with Crippen LogP contribution in [0.3, 0.4) is 0 Å². The lowest BCUT2D eigenvalue weighted by atomic mass is 10.2. The van der Waals surface area contributed by atoms with Gasteiger partial charge in [-0.1, -0.05) is 6.07 Å². The molecule has 2 heterocycles. The molecule has 0 atom stereocenters. The fraction of sp³-hybridized carbons (Fsp3) is 0. The second-order valence-electron chi connectivity index (χ2n) is 5.10. The molecule has 3 rings (SSSR count). The molecule has 10 nitrogen and oxygen atoms in total. The molecule has 0 aliphatic carbocycles. The number of nitrogens with zero attached hydrogens (tertiary/aromatic N) is 4. The fourth-order valence-electron chi connectivity index (χ4n) is 2.08. The van der Waals surface area contributed by atoms with Gasteiger partial charge in [0.05, 0.1) is 4.92 Å². The van der Waals surface area contributed by atoms with Crippen molar-refractivity contribution in [2.45, 2.75) is 0 Å². The third-order valence-electron chi connectivity index (χ3n) is 3.32. The maximum absolute atomic E-state index is 12.9. The molecule has 27 heavy (non-hydrogen) atoms. The third-order valence-corrected chi connectivity index (χ3v) is 3.32. The van der Waals surface area contributed by atoms with Crippen LogP contribution >= 0.6 is 0 Å². The predicted molar refractivity (Wildman–Crippen MR) is 93.7 cm³/mol. The van der Waals surface area contributed by atoms with Gasteiger partial charge in [0.1, 0.15) is 18.0 Å². The lowest BCUT2D eigenvalue weighted by Crippen LogP contribution is -2.30. The first-order valence-corrected chi connectivity index (χ1v) is 7.54. The molecular formula is C16H12FN7O3. The number of carbonyl (C=O) groups is 1. The molecule has 0 radical (unpaired) electrons. The molecule has 3 aromatic rings. The van der Waals surface area contributed by atoms with Gasteiger partial charge in [-0.05, 0) is 36.4 Å².